The van der Waals surface area contributed by atoms with Gasteiger partial charge in [-0.3, -0.25) is 9.78 Å². The molecule has 0 aliphatic rings. The lowest BCUT2D eigenvalue weighted by molar-refractivity contribution is 0.0961. The number of fused-ring (bicyclic) bond motifs is 1. The first-order valence-corrected chi connectivity index (χ1v) is 7.83. The Morgan fingerprint density at radius 1 is 1.47 bits per heavy atom. The summed E-state index contributed by atoms with van der Waals surface area (Å²) in [6.45, 7) is -0.0568. The summed E-state index contributed by atoms with van der Waals surface area (Å²) >= 11 is 1.21. The van der Waals surface area contributed by atoms with Crippen LogP contribution in [0.3, 0.4) is 0 Å². The molecule has 2 rings (SSSR count). The van der Waals surface area contributed by atoms with Gasteiger partial charge in [-0.15, -0.1) is 11.3 Å². The molecule has 0 atom stereocenters. The number of hydrogen-bond acceptors (Lipinski definition) is 6. The van der Waals surface area contributed by atoms with Gasteiger partial charge in [0.05, 0.1) is 16.1 Å². The Morgan fingerprint density at radius 2 is 2.21 bits per heavy atom. The molecule has 2 heterocycles. The number of carbonyl (C=O) groups is 1. The van der Waals surface area contributed by atoms with E-state index in [-0.39, 0.29) is 12.3 Å². The van der Waals surface area contributed by atoms with Gasteiger partial charge in [0.1, 0.15) is 10.4 Å². The topological polar surface area (TPSA) is 128 Å². The maximum absolute atomic E-state index is 11.9. The molecule has 0 aliphatic carbocycles. The van der Waals surface area contributed by atoms with Crippen LogP contribution in [-0.4, -0.2) is 31.6 Å². The van der Waals surface area contributed by atoms with Crippen molar-refractivity contribution in [3.8, 4) is 0 Å². The highest BCUT2D eigenvalue weighted by Gasteiger charge is 2.17. The molecular weight excluding hydrogens is 288 g/mol. The lowest BCUT2D eigenvalue weighted by Gasteiger charge is -2.02. The summed E-state index contributed by atoms with van der Waals surface area (Å²) in [4.78, 5) is 16.3. The second-order valence-electron chi connectivity index (χ2n) is 3.82. The molecule has 2 aromatic heterocycles. The van der Waals surface area contributed by atoms with Crippen LogP contribution in [0.1, 0.15) is 9.67 Å². The number of amides is 1. The molecule has 9 heteroatoms. The van der Waals surface area contributed by atoms with Crippen LogP contribution in [0.4, 0.5) is 5.69 Å². The van der Waals surface area contributed by atoms with Crippen LogP contribution in [0.15, 0.2) is 18.3 Å². The number of nitrogens with zero attached hydrogens (tertiary/aromatic N) is 1. The highest BCUT2D eigenvalue weighted by atomic mass is 32.2. The number of primary sulfonamides is 1. The zero-order valence-electron chi connectivity index (χ0n) is 9.79. The molecule has 0 saturated heterocycles. The quantitative estimate of drug-likeness (QED) is 0.726. The number of rotatable bonds is 4. The first-order chi connectivity index (χ1) is 8.88. The van der Waals surface area contributed by atoms with Gasteiger partial charge in [0.2, 0.25) is 10.0 Å². The lowest BCUT2D eigenvalue weighted by Crippen LogP contribution is -2.31. The van der Waals surface area contributed by atoms with Crippen LogP contribution in [-0.2, 0) is 10.0 Å². The number of nitrogen functional groups attached to an aromatic ring is 1. The molecule has 102 valence electrons. The first-order valence-electron chi connectivity index (χ1n) is 5.30. The Morgan fingerprint density at radius 3 is 2.84 bits per heavy atom. The SMILES string of the molecule is Nc1c(C(=O)NCCS(N)(=O)=O)sc2cccnc12. The third-order valence-corrected chi connectivity index (χ3v) is 4.29. The summed E-state index contributed by atoms with van der Waals surface area (Å²) in [6.07, 6.45) is 1.59. The van der Waals surface area contributed by atoms with Crippen molar-refractivity contribution in [2.45, 2.75) is 0 Å². The van der Waals surface area contributed by atoms with Gasteiger partial charge in [0.15, 0.2) is 0 Å². The minimum absolute atomic E-state index is 0.0568. The number of nitrogens with two attached hydrogens (primary N) is 2. The van der Waals surface area contributed by atoms with Crippen LogP contribution in [0, 0.1) is 0 Å². The van der Waals surface area contributed by atoms with Crippen molar-refractivity contribution in [3.05, 3.63) is 23.2 Å². The molecular formula is C10H12N4O3S2. The van der Waals surface area contributed by atoms with Gasteiger partial charge in [0, 0.05) is 12.7 Å². The maximum Gasteiger partial charge on any atom is 0.263 e. The van der Waals surface area contributed by atoms with Crippen molar-refractivity contribution in [2.75, 3.05) is 18.0 Å². The highest BCUT2D eigenvalue weighted by molar-refractivity contribution is 7.89. The molecule has 0 unspecified atom stereocenters. The van der Waals surface area contributed by atoms with E-state index in [9.17, 15) is 13.2 Å². The van der Waals surface area contributed by atoms with Crippen molar-refractivity contribution in [3.63, 3.8) is 0 Å². The molecule has 0 aliphatic heterocycles. The van der Waals surface area contributed by atoms with E-state index in [4.69, 9.17) is 10.9 Å². The van der Waals surface area contributed by atoms with Gasteiger partial charge in [-0.05, 0) is 12.1 Å². The van der Waals surface area contributed by atoms with Crippen LogP contribution < -0.4 is 16.2 Å². The molecule has 0 aromatic carbocycles. The number of sulfonamides is 1. The maximum atomic E-state index is 11.9. The second-order valence-corrected chi connectivity index (χ2v) is 6.60. The molecule has 0 spiro atoms. The number of carbonyl (C=O) groups excluding carboxylic acids is 1. The molecule has 5 N–H and O–H groups in total. The van der Waals surface area contributed by atoms with Crippen molar-refractivity contribution in [1.82, 2.24) is 10.3 Å². The van der Waals surface area contributed by atoms with Crippen LogP contribution in [0.25, 0.3) is 10.2 Å². The number of hydrogen-bond donors (Lipinski definition) is 3. The van der Waals surface area contributed by atoms with Gasteiger partial charge in [-0.1, -0.05) is 0 Å². The third kappa shape index (κ3) is 3.19. The normalized spacial score (nSPS) is 11.6. The predicted octanol–water partition coefficient (Wildman–Crippen LogP) is -0.103. The average Bonchev–Trinajstić information content (AvgIpc) is 2.66. The summed E-state index contributed by atoms with van der Waals surface area (Å²) in [6, 6.07) is 3.56. The largest absolute Gasteiger partial charge is 0.396 e. The molecule has 1 amide bonds. The van der Waals surface area contributed by atoms with Crippen LogP contribution in [0.2, 0.25) is 0 Å². The van der Waals surface area contributed by atoms with Crippen LogP contribution in [0.5, 0.6) is 0 Å². The molecule has 0 fully saturated rings. The van der Waals surface area contributed by atoms with E-state index in [0.29, 0.717) is 16.1 Å². The second kappa shape index (κ2) is 5.11. The predicted molar refractivity (Wildman–Crippen MR) is 74.3 cm³/mol. The minimum Gasteiger partial charge on any atom is -0.396 e. The van der Waals surface area contributed by atoms with Crippen molar-refractivity contribution >= 4 is 43.2 Å². The first kappa shape index (κ1) is 13.7. The van der Waals surface area contributed by atoms with E-state index in [1.54, 1.807) is 12.3 Å². The standard InChI is InChI=1S/C10H12N4O3S2/c11-7-8-6(2-1-3-13-8)18-9(7)10(15)14-4-5-19(12,16)17/h1-3H,4-5,11H2,(H,14,15)(H2,12,16,17). The highest BCUT2D eigenvalue weighted by Crippen LogP contribution is 2.31. The fourth-order valence-corrected chi connectivity index (χ4v) is 2.89. The number of nitrogens with one attached hydrogen (secondary N) is 1. The van der Waals surface area contributed by atoms with Crippen LogP contribution >= 0.6 is 11.3 Å². The van der Waals surface area contributed by atoms with Gasteiger partial charge in [0.25, 0.3) is 5.91 Å². The number of pyridine rings is 1. The Hall–Kier alpha value is -1.71. The number of aromatic nitrogens is 1. The van der Waals surface area contributed by atoms with E-state index in [2.05, 4.69) is 10.3 Å². The van der Waals surface area contributed by atoms with Crippen molar-refractivity contribution < 1.29 is 13.2 Å². The lowest BCUT2D eigenvalue weighted by atomic mass is 10.3. The molecule has 19 heavy (non-hydrogen) atoms. The number of thiophene rings is 1. The fraction of sp³-hybridized carbons (Fsp3) is 0.200. The summed E-state index contributed by atoms with van der Waals surface area (Å²) < 4.78 is 22.3. The summed E-state index contributed by atoms with van der Waals surface area (Å²) in [7, 11) is -3.59. The smallest absolute Gasteiger partial charge is 0.263 e. The van der Waals surface area contributed by atoms with E-state index in [1.165, 1.54) is 11.3 Å². The summed E-state index contributed by atoms with van der Waals surface area (Å²) in [5.41, 5.74) is 6.71. The molecule has 7 nitrogen and oxygen atoms in total. The van der Waals surface area contributed by atoms with E-state index >= 15 is 0 Å². The van der Waals surface area contributed by atoms with Gasteiger partial charge < -0.3 is 11.1 Å². The van der Waals surface area contributed by atoms with E-state index in [0.717, 1.165) is 4.70 Å². The third-order valence-electron chi connectivity index (χ3n) is 2.36. The zero-order chi connectivity index (χ0) is 14.0. The van der Waals surface area contributed by atoms with Gasteiger partial charge in [-0.2, -0.15) is 0 Å². The average molecular weight is 300 g/mol. The zero-order valence-corrected chi connectivity index (χ0v) is 11.4. The Bertz CT molecular complexity index is 723. The monoisotopic (exact) mass is 300 g/mol. The fourth-order valence-electron chi connectivity index (χ4n) is 1.50. The molecule has 0 saturated carbocycles. The van der Waals surface area contributed by atoms with E-state index in [1.807, 2.05) is 6.07 Å². The Balaban J connectivity index is 2.16. The minimum atomic E-state index is -3.59. The van der Waals surface area contributed by atoms with Gasteiger partial charge >= 0.3 is 0 Å². The van der Waals surface area contributed by atoms with E-state index < -0.39 is 15.9 Å². The summed E-state index contributed by atoms with van der Waals surface area (Å²) in [5.74, 6) is -0.744. The molecule has 0 radical (unpaired) electrons. The Kier molecular flexibility index (Phi) is 3.69. The molecule has 2 aromatic rings. The molecule has 0 bridgehead atoms. The van der Waals surface area contributed by atoms with Crippen molar-refractivity contribution in [1.29, 1.82) is 0 Å². The van der Waals surface area contributed by atoms with Crippen molar-refractivity contribution in [2.24, 2.45) is 5.14 Å². The number of anilines is 1. The Labute approximate surface area is 113 Å². The van der Waals surface area contributed by atoms with Gasteiger partial charge in [-0.25, -0.2) is 13.6 Å². The summed E-state index contributed by atoms with van der Waals surface area (Å²) in [5, 5.41) is 7.30.